The van der Waals surface area contributed by atoms with E-state index in [2.05, 4.69) is 15.3 Å². The predicted molar refractivity (Wildman–Crippen MR) is 99.8 cm³/mol. The second-order valence-corrected chi connectivity index (χ2v) is 6.03. The van der Waals surface area contributed by atoms with Gasteiger partial charge in [-0.25, -0.2) is 13.8 Å². The first-order chi connectivity index (χ1) is 14.2. The van der Waals surface area contributed by atoms with Crippen molar-refractivity contribution < 1.29 is 27.1 Å². The van der Waals surface area contributed by atoms with Gasteiger partial charge in [-0.1, -0.05) is 6.92 Å². The van der Waals surface area contributed by atoms with Crippen LogP contribution in [0, 0.1) is 23.0 Å². The number of hydrogen-bond donors (Lipinski definition) is 2. The van der Waals surface area contributed by atoms with Gasteiger partial charge in [0.05, 0.1) is 5.56 Å². The Hall–Kier alpha value is -3.68. The summed E-state index contributed by atoms with van der Waals surface area (Å²) in [6.45, 7) is -1.43. The Kier molecular flexibility index (Phi) is 7.69. The topological polar surface area (TPSA) is 113 Å². The lowest BCUT2D eigenvalue weighted by Gasteiger charge is -2.18. The number of amides is 1. The number of pyridine rings is 1. The minimum absolute atomic E-state index is 0.0361. The fraction of sp³-hybridized carbons (Fsp3) is 0.263. The first kappa shape index (κ1) is 22.6. The molecular weight excluding hydrogens is 406 g/mol. The lowest BCUT2D eigenvalue weighted by molar-refractivity contribution is 0.102. The van der Waals surface area contributed by atoms with E-state index in [9.17, 15) is 22.4 Å². The number of rotatable bonds is 7. The van der Waals surface area contributed by atoms with Crippen LogP contribution in [-0.2, 0) is 11.2 Å². The number of benzene rings is 1. The first-order valence-corrected chi connectivity index (χ1v) is 8.67. The fourth-order valence-electron chi connectivity index (χ4n) is 2.47. The molecule has 0 aliphatic heterocycles. The zero-order valence-electron chi connectivity index (χ0n) is 15.7. The van der Waals surface area contributed by atoms with Crippen LogP contribution in [0.25, 0.3) is 0 Å². The quantitative estimate of drug-likeness (QED) is 0.307. The van der Waals surface area contributed by atoms with Crippen LogP contribution in [0.15, 0.2) is 35.5 Å². The minimum Gasteiger partial charge on any atom is -0.462 e. The average Bonchev–Trinajstić information content (AvgIpc) is 2.70. The molecule has 2 rings (SSSR count). The van der Waals surface area contributed by atoms with Crippen LogP contribution in [0.2, 0.25) is 0 Å². The molecule has 11 heteroatoms. The Labute approximate surface area is 169 Å². The van der Waals surface area contributed by atoms with E-state index >= 15 is 0 Å². The van der Waals surface area contributed by atoms with Gasteiger partial charge in [-0.3, -0.25) is 4.79 Å². The van der Waals surface area contributed by atoms with Crippen molar-refractivity contribution in [2.75, 3.05) is 5.32 Å². The maximum absolute atomic E-state index is 14.2. The van der Waals surface area contributed by atoms with Gasteiger partial charge in [0.2, 0.25) is 0 Å². The zero-order chi connectivity index (χ0) is 22.3. The van der Waals surface area contributed by atoms with Crippen LogP contribution in [0.5, 0.6) is 0 Å². The summed E-state index contributed by atoms with van der Waals surface area (Å²) in [6.07, 6.45) is 0.372. The van der Waals surface area contributed by atoms with Crippen molar-refractivity contribution in [3.8, 4) is 6.07 Å². The van der Waals surface area contributed by atoms with Crippen LogP contribution in [0.3, 0.4) is 0 Å². The number of carbonyl (C=O) groups is 1. The molecule has 0 radical (unpaired) electrons. The summed E-state index contributed by atoms with van der Waals surface area (Å²) in [5.41, 5.74) is 5.26. The Balaban J connectivity index is 2.19. The molecule has 2 aromatic rings. The van der Waals surface area contributed by atoms with Gasteiger partial charge in [-0.05, 0) is 30.2 Å². The summed E-state index contributed by atoms with van der Waals surface area (Å²) in [5.74, 6) is -3.09. The van der Waals surface area contributed by atoms with Gasteiger partial charge in [-0.15, -0.1) is 0 Å². The molecule has 158 valence electrons. The Morgan fingerprint density at radius 2 is 2.10 bits per heavy atom. The molecule has 3 N–H and O–H groups in total. The molecule has 0 bridgehead atoms. The number of aromatic nitrogens is 1. The van der Waals surface area contributed by atoms with Crippen molar-refractivity contribution in [1.29, 1.82) is 5.26 Å². The number of carbonyl (C=O) groups excluding carboxylic acids is 1. The van der Waals surface area contributed by atoms with Crippen LogP contribution in [-0.4, -0.2) is 29.6 Å². The van der Waals surface area contributed by atoms with Gasteiger partial charge >= 0.3 is 6.55 Å². The van der Waals surface area contributed by atoms with Crippen molar-refractivity contribution in [2.24, 2.45) is 10.7 Å². The second kappa shape index (κ2) is 10.2. The summed E-state index contributed by atoms with van der Waals surface area (Å²) < 4.78 is 57.7. The summed E-state index contributed by atoms with van der Waals surface area (Å²) in [4.78, 5) is 18.8. The van der Waals surface area contributed by atoms with E-state index in [4.69, 9.17) is 15.7 Å². The van der Waals surface area contributed by atoms with Crippen molar-refractivity contribution in [1.82, 2.24) is 4.98 Å². The number of aliphatic imine (C=N–C) groups is 1. The standard InChI is InChI=1S/C19H17F4N5O2/c1-2-13(30-19(25)28-18(22)23)6-11-5-12(7-14(20)16(11)21)27-17(29)15-4-3-10(8-24)9-26-15/h3-5,7,9,13,18H,2,6H2,1H3,(H2,25,28)(H,27,29)/t13-/m1/s1. The molecule has 1 aromatic heterocycles. The Morgan fingerprint density at radius 1 is 1.37 bits per heavy atom. The lowest BCUT2D eigenvalue weighted by atomic mass is 10.0. The summed E-state index contributed by atoms with van der Waals surface area (Å²) >= 11 is 0. The number of nitrogens with zero attached hydrogens (tertiary/aromatic N) is 3. The number of ether oxygens (including phenoxy) is 1. The highest BCUT2D eigenvalue weighted by atomic mass is 19.3. The number of hydrogen-bond acceptors (Lipinski definition) is 5. The third-order valence-corrected chi connectivity index (χ3v) is 3.90. The molecular formula is C19H17F4N5O2. The molecule has 1 aromatic carbocycles. The molecule has 0 unspecified atom stereocenters. The Morgan fingerprint density at radius 3 is 2.67 bits per heavy atom. The van der Waals surface area contributed by atoms with Gasteiger partial charge in [0, 0.05) is 24.4 Å². The second-order valence-electron chi connectivity index (χ2n) is 6.03. The highest BCUT2D eigenvalue weighted by molar-refractivity contribution is 6.02. The smallest absolute Gasteiger partial charge is 0.336 e. The van der Waals surface area contributed by atoms with Crippen LogP contribution < -0.4 is 11.1 Å². The molecule has 1 heterocycles. The van der Waals surface area contributed by atoms with Crippen LogP contribution in [0.4, 0.5) is 23.2 Å². The molecule has 1 amide bonds. The van der Waals surface area contributed by atoms with Crippen molar-refractivity contribution in [3.63, 3.8) is 0 Å². The van der Waals surface area contributed by atoms with Gasteiger partial charge in [0.25, 0.3) is 11.9 Å². The molecule has 1 atom stereocenters. The molecule has 30 heavy (non-hydrogen) atoms. The highest BCUT2D eigenvalue weighted by Crippen LogP contribution is 2.22. The first-order valence-electron chi connectivity index (χ1n) is 8.67. The van der Waals surface area contributed by atoms with Crippen LogP contribution in [0.1, 0.15) is 35.0 Å². The number of nitriles is 1. The highest BCUT2D eigenvalue weighted by Gasteiger charge is 2.19. The normalized spacial score (nSPS) is 12.4. The largest absolute Gasteiger partial charge is 0.462 e. The van der Waals surface area contributed by atoms with Gasteiger partial charge < -0.3 is 15.8 Å². The molecule has 0 fully saturated rings. The number of nitrogens with two attached hydrogens (primary N) is 1. The van der Waals surface area contributed by atoms with Gasteiger partial charge in [0.15, 0.2) is 11.6 Å². The molecule has 0 saturated heterocycles. The van der Waals surface area contributed by atoms with E-state index in [1.165, 1.54) is 24.4 Å². The third-order valence-electron chi connectivity index (χ3n) is 3.90. The van der Waals surface area contributed by atoms with E-state index in [0.717, 1.165) is 6.07 Å². The Bertz CT molecular complexity index is 974. The summed E-state index contributed by atoms with van der Waals surface area (Å²) in [5, 5.41) is 11.1. The molecule has 0 aliphatic rings. The third kappa shape index (κ3) is 6.16. The van der Waals surface area contributed by atoms with E-state index in [0.29, 0.717) is 0 Å². The number of halogens is 4. The molecule has 0 saturated carbocycles. The average molecular weight is 423 g/mol. The fourth-order valence-corrected chi connectivity index (χ4v) is 2.47. The lowest BCUT2D eigenvalue weighted by Crippen LogP contribution is -2.27. The summed E-state index contributed by atoms with van der Waals surface area (Å²) in [7, 11) is 0. The van der Waals surface area contributed by atoms with Crippen LogP contribution >= 0.6 is 0 Å². The molecule has 0 spiro atoms. The molecule has 7 nitrogen and oxygen atoms in total. The predicted octanol–water partition coefficient (Wildman–Crippen LogP) is 3.36. The summed E-state index contributed by atoms with van der Waals surface area (Å²) in [6, 6.07) is 5.75. The van der Waals surface area contributed by atoms with Crippen molar-refractivity contribution in [2.45, 2.75) is 32.4 Å². The van der Waals surface area contributed by atoms with E-state index in [1.807, 2.05) is 6.07 Å². The zero-order valence-corrected chi connectivity index (χ0v) is 15.7. The minimum atomic E-state index is -3.06. The number of anilines is 1. The van der Waals surface area contributed by atoms with E-state index in [1.54, 1.807) is 6.92 Å². The molecule has 0 aliphatic carbocycles. The maximum Gasteiger partial charge on any atom is 0.336 e. The van der Waals surface area contributed by atoms with Gasteiger partial charge in [-0.2, -0.15) is 19.0 Å². The number of amidine groups is 1. The monoisotopic (exact) mass is 423 g/mol. The van der Waals surface area contributed by atoms with Gasteiger partial charge in [0.1, 0.15) is 17.9 Å². The SMILES string of the molecule is CC[C@H](Cc1cc(NC(=O)c2ccc(C#N)cn2)cc(F)c1F)O/C(N)=N\C(F)F. The van der Waals surface area contributed by atoms with Crippen molar-refractivity contribution >= 4 is 17.6 Å². The maximum atomic E-state index is 14.2. The van der Waals surface area contributed by atoms with E-state index < -0.39 is 36.2 Å². The van der Waals surface area contributed by atoms with E-state index in [-0.39, 0.29) is 35.3 Å². The number of nitrogens with one attached hydrogen (secondary N) is 1. The van der Waals surface area contributed by atoms with Crippen molar-refractivity contribution in [3.05, 3.63) is 58.9 Å². The number of alkyl halides is 2.